The molecule has 1 aromatic carbocycles. The fraction of sp³-hybridized carbons (Fsp3) is 0.588. The first-order valence-electron chi connectivity index (χ1n) is 8.16. The maximum atomic E-state index is 11.9. The van der Waals surface area contributed by atoms with Gasteiger partial charge < -0.3 is 20.8 Å². The molecule has 0 unspecified atom stereocenters. The van der Waals surface area contributed by atoms with Gasteiger partial charge in [-0.1, -0.05) is 44.2 Å². The Morgan fingerprint density at radius 2 is 1.68 bits per heavy atom. The van der Waals surface area contributed by atoms with Crippen molar-refractivity contribution in [2.45, 2.75) is 57.1 Å². The molecule has 0 aliphatic heterocycles. The number of phenolic OH excluding ortho intramolecular Hbond substituents is 1. The number of aromatic hydroxyl groups is 1. The lowest BCUT2D eigenvalue weighted by Crippen LogP contribution is -2.43. The average Bonchev–Trinajstić information content (AvgIpc) is 2.48. The minimum absolute atomic E-state index is 0.156. The summed E-state index contributed by atoms with van der Waals surface area (Å²) in [6.45, 7) is 0.156. The molecule has 1 aliphatic carbocycles. The molecule has 0 radical (unpaired) electrons. The van der Waals surface area contributed by atoms with E-state index in [-0.39, 0.29) is 24.4 Å². The number of amides is 2. The Balaban J connectivity index is 1.73. The van der Waals surface area contributed by atoms with E-state index in [4.69, 9.17) is 0 Å². The molecule has 0 bridgehead atoms. The molecule has 5 heteroatoms. The number of aliphatic hydroxyl groups is 1. The summed E-state index contributed by atoms with van der Waals surface area (Å²) >= 11 is 0. The summed E-state index contributed by atoms with van der Waals surface area (Å²) in [6.07, 6.45) is 7.43. The molecule has 1 aliphatic rings. The number of phenols is 1. The van der Waals surface area contributed by atoms with Crippen LogP contribution < -0.4 is 10.6 Å². The monoisotopic (exact) mass is 306 g/mol. The molecule has 1 saturated carbocycles. The molecule has 1 fully saturated rings. The van der Waals surface area contributed by atoms with Crippen LogP contribution in [0.2, 0.25) is 0 Å². The van der Waals surface area contributed by atoms with Gasteiger partial charge in [0.25, 0.3) is 0 Å². The third kappa shape index (κ3) is 5.56. The summed E-state index contributed by atoms with van der Waals surface area (Å²) in [5, 5.41) is 25.0. The Morgan fingerprint density at radius 3 is 2.32 bits per heavy atom. The van der Waals surface area contributed by atoms with Crippen LogP contribution in [0.5, 0.6) is 5.75 Å². The molecule has 122 valence electrons. The largest absolute Gasteiger partial charge is 0.508 e. The number of urea groups is 1. The number of hydrogen-bond acceptors (Lipinski definition) is 3. The molecule has 4 N–H and O–H groups in total. The summed E-state index contributed by atoms with van der Waals surface area (Å²) in [6, 6.07) is 6.36. The lowest BCUT2D eigenvalue weighted by atomic mass is 9.97. The van der Waals surface area contributed by atoms with E-state index in [0.29, 0.717) is 5.56 Å². The average molecular weight is 306 g/mol. The second-order valence-corrected chi connectivity index (χ2v) is 6.00. The predicted molar refractivity (Wildman–Crippen MR) is 85.7 cm³/mol. The summed E-state index contributed by atoms with van der Waals surface area (Å²) in [4.78, 5) is 11.9. The maximum absolute atomic E-state index is 11.9. The van der Waals surface area contributed by atoms with E-state index < -0.39 is 6.10 Å². The van der Waals surface area contributed by atoms with E-state index in [1.54, 1.807) is 12.1 Å². The number of aliphatic hydroxyl groups excluding tert-OH is 1. The highest BCUT2D eigenvalue weighted by atomic mass is 16.3. The Morgan fingerprint density at radius 1 is 1.09 bits per heavy atom. The lowest BCUT2D eigenvalue weighted by Gasteiger charge is -2.21. The molecule has 2 rings (SSSR count). The zero-order valence-electron chi connectivity index (χ0n) is 12.9. The number of benzene rings is 1. The topological polar surface area (TPSA) is 81.6 Å². The van der Waals surface area contributed by atoms with Gasteiger partial charge in [-0.3, -0.25) is 0 Å². The van der Waals surface area contributed by atoms with Crippen LogP contribution in [0.3, 0.4) is 0 Å². The maximum Gasteiger partial charge on any atom is 0.315 e. The summed E-state index contributed by atoms with van der Waals surface area (Å²) in [7, 11) is 0. The third-order valence-corrected chi connectivity index (χ3v) is 4.17. The fourth-order valence-electron chi connectivity index (χ4n) is 2.84. The molecular weight excluding hydrogens is 280 g/mol. The number of rotatable bonds is 4. The smallest absolute Gasteiger partial charge is 0.315 e. The van der Waals surface area contributed by atoms with Gasteiger partial charge in [0, 0.05) is 12.6 Å². The van der Waals surface area contributed by atoms with E-state index in [2.05, 4.69) is 10.6 Å². The highest BCUT2D eigenvalue weighted by Crippen LogP contribution is 2.17. The van der Waals surface area contributed by atoms with Gasteiger partial charge in [-0.15, -0.1) is 0 Å². The Kier molecular flexibility index (Phi) is 6.52. The van der Waals surface area contributed by atoms with Crippen molar-refractivity contribution in [3.8, 4) is 5.75 Å². The predicted octanol–water partition coefficient (Wildman–Crippen LogP) is 2.84. The SMILES string of the molecule is O=C(NC[C@@H](O)c1ccc(O)cc1)NC1CCCCCCC1. The van der Waals surface area contributed by atoms with Crippen LogP contribution in [-0.2, 0) is 0 Å². The number of carbonyl (C=O) groups is 1. The summed E-state index contributed by atoms with van der Waals surface area (Å²) in [5.74, 6) is 0.158. The summed E-state index contributed by atoms with van der Waals surface area (Å²) in [5.41, 5.74) is 0.670. The van der Waals surface area contributed by atoms with Crippen molar-refractivity contribution < 1.29 is 15.0 Å². The first-order valence-corrected chi connectivity index (χ1v) is 8.16. The minimum Gasteiger partial charge on any atom is -0.508 e. The summed E-state index contributed by atoms with van der Waals surface area (Å²) < 4.78 is 0. The quantitative estimate of drug-likeness (QED) is 0.690. The molecular formula is C17H26N2O3. The Labute approximate surface area is 131 Å². The Bertz CT molecular complexity index is 453. The van der Waals surface area contributed by atoms with Crippen molar-refractivity contribution in [2.24, 2.45) is 0 Å². The molecule has 2 amide bonds. The molecule has 0 saturated heterocycles. The van der Waals surface area contributed by atoms with Gasteiger partial charge >= 0.3 is 6.03 Å². The van der Waals surface area contributed by atoms with Gasteiger partial charge in [0.05, 0.1) is 6.10 Å². The number of hydrogen-bond donors (Lipinski definition) is 4. The number of nitrogens with one attached hydrogen (secondary N) is 2. The van der Waals surface area contributed by atoms with E-state index in [0.717, 1.165) is 12.8 Å². The van der Waals surface area contributed by atoms with Crippen LogP contribution in [0, 0.1) is 0 Å². The molecule has 22 heavy (non-hydrogen) atoms. The normalized spacial score (nSPS) is 18.0. The second kappa shape index (κ2) is 8.63. The molecule has 0 aromatic heterocycles. The standard InChI is InChI=1S/C17H26N2O3/c20-15-10-8-13(9-11-15)16(21)12-18-17(22)19-14-6-4-2-1-3-5-7-14/h8-11,14,16,20-21H,1-7,12H2,(H2,18,19,22)/t16-/m1/s1. The van der Waals surface area contributed by atoms with Gasteiger partial charge in [0.2, 0.25) is 0 Å². The minimum atomic E-state index is -0.774. The molecule has 0 spiro atoms. The molecule has 0 heterocycles. The van der Waals surface area contributed by atoms with E-state index >= 15 is 0 Å². The second-order valence-electron chi connectivity index (χ2n) is 6.00. The fourth-order valence-corrected chi connectivity index (χ4v) is 2.84. The van der Waals surface area contributed by atoms with Crippen LogP contribution in [0.25, 0.3) is 0 Å². The third-order valence-electron chi connectivity index (χ3n) is 4.17. The lowest BCUT2D eigenvalue weighted by molar-refractivity contribution is 0.172. The van der Waals surface area contributed by atoms with E-state index in [1.807, 2.05) is 0 Å². The van der Waals surface area contributed by atoms with Crippen LogP contribution in [0.15, 0.2) is 24.3 Å². The van der Waals surface area contributed by atoms with Crippen molar-refractivity contribution in [1.82, 2.24) is 10.6 Å². The first-order chi connectivity index (χ1) is 10.6. The van der Waals surface area contributed by atoms with E-state index in [9.17, 15) is 15.0 Å². The van der Waals surface area contributed by atoms with Gasteiger partial charge in [0.15, 0.2) is 0 Å². The zero-order valence-corrected chi connectivity index (χ0v) is 12.9. The van der Waals surface area contributed by atoms with Crippen LogP contribution in [-0.4, -0.2) is 28.8 Å². The van der Waals surface area contributed by atoms with Crippen LogP contribution in [0.4, 0.5) is 4.79 Å². The molecule has 1 atom stereocenters. The van der Waals surface area contributed by atoms with Crippen LogP contribution >= 0.6 is 0 Å². The highest BCUT2D eigenvalue weighted by Gasteiger charge is 2.15. The van der Waals surface area contributed by atoms with Crippen molar-refractivity contribution in [2.75, 3.05) is 6.54 Å². The highest BCUT2D eigenvalue weighted by molar-refractivity contribution is 5.74. The number of carbonyl (C=O) groups excluding carboxylic acids is 1. The van der Waals surface area contributed by atoms with Gasteiger partial charge in [-0.2, -0.15) is 0 Å². The van der Waals surface area contributed by atoms with Crippen molar-refractivity contribution in [3.05, 3.63) is 29.8 Å². The van der Waals surface area contributed by atoms with Crippen molar-refractivity contribution >= 4 is 6.03 Å². The van der Waals surface area contributed by atoms with Crippen molar-refractivity contribution in [3.63, 3.8) is 0 Å². The van der Waals surface area contributed by atoms with Gasteiger partial charge in [-0.25, -0.2) is 4.79 Å². The van der Waals surface area contributed by atoms with E-state index in [1.165, 1.54) is 44.2 Å². The molecule has 5 nitrogen and oxygen atoms in total. The molecule has 1 aromatic rings. The van der Waals surface area contributed by atoms with Crippen LogP contribution in [0.1, 0.15) is 56.6 Å². The Hall–Kier alpha value is -1.75. The van der Waals surface area contributed by atoms with Gasteiger partial charge in [-0.05, 0) is 30.5 Å². The van der Waals surface area contributed by atoms with Crippen molar-refractivity contribution in [1.29, 1.82) is 0 Å². The van der Waals surface area contributed by atoms with Gasteiger partial charge in [0.1, 0.15) is 5.75 Å². The first kappa shape index (κ1) is 16.6. The zero-order chi connectivity index (χ0) is 15.8.